The van der Waals surface area contributed by atoms with Crippen LogP contribution in [0, 0.1) is 11.7 Å². The molecule has 0 aliphatic carbocycles. The fourth-order valence-corrected chi connectivity index (χ4v) is 2.65. The molecule has 1 unspecified atom stereocenters. The standard InChI is InChI=1S/C15H22FN3O2/c1-10(11-4-6-21-7-5-11)18-9-12-2-3-13(16)8-14(12)15(17)19-20/h2-3,8,10-11,18,20H,4-7,9H2,1H3,(H2,17,19). The van der Waals surface area contributed by atoms with Crippen LogP contribution in [0.15, 0.2) is 23.4 Å². The topological polar surface area (TPSA) is 79.9 Å². The van der Waals surface area contributed by atoms with E-state index in [1.807, 2.05) is 0 Å². The number of amidine groups is 1. The van der Waals surface area contributed by atoms with Gasteiger partial charge in [-0.3, -0.25) is 0 Å². The summed E-state index contributed by atoms with van der Waals surface area (Å²) in [5.41, 5.74) is 6.83. The molecule has 2 rings (SSSR count). The summed E-state index contributed by atoms with van der Waals surface area (Å²) >= 11 is 0. The van der Waals surface area contributed by atoms with Crippen LogP contribution in [0.2, 0.25) is 0 Å². The highest BCUT2D eigenvalue weighted by molar-refractivity contribution is 5.98. The Morgan fingerprint density at radius 2 is 2.24 bits per heavy atom. The van der Waals surface area contributed by atoms with E-state index in [-0.39, 0.29) is 5.84 Å². The second-order valence-electron chi connectivity index (χ2n) is 5.41. The third-order valence-electron chi connectivity index (χ3n) is 4.04. The van der Waals surface area contributed by atoms with Crippen LogP contribution in [-0.4, -0.2) is 30.3 Å². The third kappa shape index (κ3) is 4.15. The summed E-state index contributed by atoms with van der Waals surface area (Å²) in [7, 11) is 0. The average Bonchev–Trinajstić information content (AvgIpc) is 2.53. The van der Waals surface area contributed by atoms with Crippen molar-refractivity contribution < 1.29 is 14.3 Å². The quantitative estimate of drug-likeness (QED) is 0.335. The molecule has 0 spiro atoms. The number of oxime groups is 1. The molecule has 1 atom stereocenters. The van der Waals surface area contributed by atoms with Gasteiger partial charge in [0, 0.05) is 31.4 Å². The van der Waals surface area contributed by atoms with E-state index in [2.05, 4.69) is 17.4 Å². The van der Waals surface area contributed by atoms with Crippen LogP contribution in [0.1, 0.15) is 30.9 Å². The van der Waals surface area contributed by atoms with E-state index in [1.54, 1.807) is 6.07 Å². The van der Waals surface area contributed by atoms with Gasteiger partial charge in [-0.25, -0.2) is 4.39 Å². The van der Waals surface area contributed by atoms with Gasteiger partial charge in [0.15, 0.2) is 5.84 Å². The Hall–Kier alpha value is -1.66. The minimum absolute atomic E-state index is 0.0787. The van der Waals surface area contributed by atoms with Crippen molar-refractivity contribution in [3.63, 3.8) is 0 Å². The molecule has 1 aromatic carbocycles. The van der Waals surface area contributed by atoms with Gasteiger partial charge >= 0.3 is 0 Å². The van der Waals surface area contributed by atoms with Gasteiger partial charge in [0.2, 0.25) is 0 Å². The van der Waals surface area contributed by atoms with E-state index in [0.29, 0.717) is 24.1 Å². The number of nitrogens with two attached hydrogens (primary N) is 1. The molecule has 0 bridgehead atoms. The van der Waals surface area contributed by atoms with Gasteiger partial charge in [0.25, 0.3) is 0 Å². The second-order valence-corrected chi connectivity index (χ2v) is 5.41. The fourth-order valence-electron chi connectivity index (χ4n) is 2.65. The molecule has 5 nitrogen and oxygen atoms in total. The molecule has 6 heteroatoms. The largest absolute Gasteiger partial charge is 0.409 e. The Bertz CT molecular complexity index is 502. The summed E-state index contributed by atoms with van der Waals surface area (Å²) in [6.45, 7) is 4.30. The zero-order chi connectivity index (χ0) is 15.2. The molecule has 1 aliphatic rings. The van der Waals surface area contributed by atoms with Crippen molar-refractivity contribution in [2.75, 3.05) is 13.2 Å². The molecular weight excluding hydrogens is 273 g/mol. The van der Waals surface area contributed by atoms with Crippen molar-refractivity contribution in [1.82, 2.24) is 5.32 Å². The Kier molecular flexibility index (Phi) is 5.52. The minimum atomic E-state index is -0.405. The molecule has 0 amide bonds. The van der Waals surface area contributed by atoms with Crippen molar-refractivity contribution in [2.24, 2.45) is 16.8 Å². The summed E-state index contributed by atoms with van der Waals surface area (Å²) in [6.07, 6.45) is 2.09. The van der Waals surface area contributed by atoms with Crippen LogP contribution in [0.3, 0.4) is 0 Å². The normalized spacial score (nSPS) is 18.7. The summed E-state index contributed by atoms with van der Waals surface area (Å²) < 4.78 is 18.7. The van der Waals surface area contributed by atoms with Gasteiger partial charge in [-0.2, -0.15) is 0 Å². The van der Waals surface area contributed by atoms with E-state index in [0.717, 1.165) is 31.6 Å². The average molecular weight is 295 g/mol. The molecule has 1 heterocycles. The van der Waals surface area contributed by atoms with Crippen LogP contribution < -0.4 is 11.1 Å². The predicted molar refractivity (Wildman–Crippen MR) is 78.8 cm³/mol. The smallest absolute Gasteiger partial charge is 0.170 e. The molecule has 1 aromatic rings. The third-order valence-corrected chi connectivity index (χ3v) is 4.04. The van der Waals surface area contributed by atoms with Gasteiger partial charge in [0.1, 0.15) is 5.82 Å². The van der Waals surface area contributed by atoms with Gasteiger partial charge < -0.3 is 21.0 Å². The van der Waals surface area contributed by atoms with Crippen molar-refractivity contribution >= 4 is 5.84 Å². The summed E-state index contributed by atoms with van der Waals surface area (Å²) in [6, 6.07) is 4.65. The van der Waals surface area contributed by atoms with Crippen LogP contribution >= 0.6 is 0 Å². The van der Waals surface area contributed by atoms with Crippen LogP contribution in [0.25, 0.3) is 0 Å². The zero-order valence-corrected chi connectivity index (χ0v) is 12.2. The summed E-state index contributed by atoms with van der Waals surface area (Å²) in [5.74, 6) is 0.0920. The van der Waals surface area contributed by atoms with E-state index in [9.17, 15) is 4.39 Å². The lowest BCUT2D eigenvalue weighted by atomic mass is 9.92. The van der Waals surface area contributed by atoms with Crippen molar-refractivity contribution in [3.8, 4) is 0 Å². The van der Waals surface area contributed by atoms with Crippen LogP contribution in [0.5, 0.6) is 0 Å². The SMILES string of the molecule is CC(NCc1ccc(F)cc1/C(N)=N/O)C1CCOCC1. The Morgan fingerprint density at radius 3 is 2.90 bits per heavy atom. The lowest BCUT2D eigenvalue weighted by Crippen LogP contribution is -2.36. The predicted octanol–water partition coefficient (Wildman–Crippen LogP) is 1.82. The lowest BCUT2D eigenvalue weighted by Gasteiger charge is -2.28. The van der Waals surface area contributed by atoms with Crippen molar-refractivity contribution in [1.29, 1.82) is 0 Å². The molecular formula is C15H22FN3O2. The molecule has 0 saturated carbocycles. The first-order chi connectivity index (χ1) is 10.1. The van der Waals surface area contributed by atoms with Gasteiger partial charge in [0.05, 0.1) is 0 Å². The Labute approximate surface area is 124 Å². The first-order valence-corrected chi connectivity index (χ1v) is 7.19. The van der Waals surface area contributed by atoms with E-state index < -0.39 is 5.82 Å². The highest BCUT2D eigenvalue weighted by atomic mass is 19.1. The maximum Gasteiger partial charge on any atom is 0.170 e. The van der Waals surface area contributed by atoms with Crippen LogP contribution in [-0.2, 0) is 11.3 Å². The molecule has 0 aromatic heterocycles. The lowest BCUT2D eigenvalue weighted by molar-refractivity contribution is 0.0558. The molecule has 1 aliphatic heterocycles. The molecule has 1 fully saturated rings. The minimum Gasteiger partial charge on any atom is -0.409 e. The molecule has 21 heavy (non-hydrogen) atoms. The monoisotopic (exact) mass is 295 g/mol. The summed E-state index contributed by atoms with van der Waals surface area (Å²) in [4.78, 5) is 0. The number of hydrogen-bond acceptors (Lipinski definition) is 4. The fraction of sp³-hybridized carbons (Fsp3) is 0.533. The number of halogens is 1. The zero-order valence-electron chi connectivity index (χ0n) is 12.2. The first kappa shape index (κ1) is 15.7. The first-order valence-electron chi connectivity index (χ1n) is 7.19. The Balaban J connectivity index is 2.02. The highest BCUT2D eigenvalue weighted by Crippen LogP contribution is 2.19. The van der Waals surface area contributed by atoms with E-state index >= 15 is 0 Å². The number of benzene rings is 1. The van der Waals surface area contributed by atoms with Gasteiger partial charge in [-0.1, -0.05) is 11.2 Å². The maximum absolute atomic E-state index is 13.3. The summed E-state index contributed by atoms with van der Waals surface area (Å²) in [5, 5.41) is 15.2. The molecule has 1 saturated heterocycles. The number of nitrogens with one attached hydrogen (secondary N) is 1. The highest BCUT2D eigenvalue weighted by Gasteiger charge is 2.20. The van der Waals surface area contributed by atoms with Crippen molar-refractivity contribution in [3.05, 3.63) is 35.1 Å². The molecule has 0 radical (unpaired) electrons. The Morgan fingerprint density at radius 1 is 1.52 bits per heavy atom. The van der Waals surface area contributed by atoms with Crippen LogP contribution in [0.4, 0.5) is 4.39 Å². The number of ether oxygens (including phenoxy) is 1. The molecule has 116 valence electrons. The maximum atomic E-state index is 13.3. The molecule has 4 N–H and O–H groups in total. The number of rotatable bonds is 5. The number of nitrogens with zero attached hydrogens (tertiary/aromatic N) is 1. The number of hydrogen-bond donors (Lipinski definition) is 3. The van der Waals surface area contributed by atoms with Gasteiger partial charge in [-0.05, 0) is 43.4 Å². The second kappa shape index (κ2) is 7.38. The van der Waals surface area contributed by atoms with E-state index in [4.69, 9.17) is 15.7 Å². The van der Waals surface area contributed by atoms with Crippen molar-refractivity contribution in [2.45, 2.75) is 32.4 Å². The van der Waals surface area contributed by atoms with E-state index in [1.165, 1.54) is 12.1 Å². The van der Waals surface area contributed by atoms with Gasteiger partial charge in [-0.15, -0.1) is 0 Å².